The zero-order valence-electron chi connectivity index (χ0n) is 16.0. The molecule has 1 aliphatic rings. The van der Waals surface area contributed by atoms with Gasteiger partial charge in [-0.15, -0.1) is 0 Å². The van der Waals surface area contributed by atoms with E-state index in [0.29, 0.717) is 0 Å². The van der Waals surface area contributed by atoms with E-state index in [1.165, 1.54) is 5.69 Å². The highest BCUT2D eigenvalue weighted by Gasteiger charge is 2.19. The van der Waals surface area contributed by atoms with Crippen molar-refractivity contribution in [3.63, 3.8) is 0 Å². The third-order valence-corrected chi connectivity index (χ3v) is 4.71. The molecule has 6 nitrogen and oxygen atoms in total. The lowest BCUT2D eigenvalue weighted by molar-refractivity contribution is 0.256. The molecule has 0 radical (unpaired) electrons. The van der Waals surface area contributed by atoms with E-state index in [9.17, 15) is 0 Å². The lowest BCUT2D eigenvalue weighted by Crippen LogP contribution is -2.47. The van der Waals surface area contributed by atoms with E-state index >= 15 is 0 Å². The molecule has 2 heterocycles. The predicted molar refractivity (Wildman–Crippen MR) is 106 cm³/mol. The van der Waals surface area contributed by atoms with Crippen molar-refractivity contribution in [2.24, 2.45) is 0 Å². The number of nitrogens with one attached hydrogen (secondary N) is 1. The largest absolute Gasteiger partial charge is 0.495 e. The molecular formula is C20H29N5O. The molecule has 1 aliphatic heterocycles. The molecule has 1 aromatic carbocycles. The summed E-state index contributed by atoms with van der Waals surface area (Å²) >= 11 is 0. The molecule has 1 saturated heterocycles. The maximum absolute atomic E-state index is 5.49. The van der Waals surface area contributed by atoms with Crippen LogP contribution in [0.25, 0.3) is 0 Å². The van der Waals surface area contributed by atoms with Crippen LogP contribution in [0.3, 0.4) is 0 Å². The van der Waals surface area contributed by atoms with Gasteiger partial charge in [0.25, 0.3) is 0 Å². The smallest absolute Gasteiger partial charge is 0.223 e. The van der Waals surface area contributed by atoms with Crippen molar-refractivity contribution < 1.29 is 4.74 Å². The Hall–Kier alpha value is -2.34. The number of aryl methyl sites for hydroxylation is 2. The van der Waals surface area contributed by atoms with Gasteiger partial charge in [-0.05, 0) is 45.0 Å². The van der Waals surface area contributed by atoms with E-state index in [2.05, 4.69) is 37.2 Å². The molecular weight excluding hydrogens is 326 g/mol. The molecule has 26 heavy (non-hydrogen) atoms. The van der Waals surface area contributed by atoms with Crippen LogP contribution >= 0.6 is 0 Å². The number of hydrogen-bond donors (Lipinski definition) is 1. The van der Waals surface area contributed by atoms with Crippen molar-refractivity contribution in [3.05, 3.63) is 41.7 Å². The van der Waals surface area contributed by atoms with E-state index in [1.54, 1.807) is 7.11 Å². The van der Waals surface area contributed by atoms with Crippen LogP contribution in [0.4, 0.5) is 11.6 Å². The summed E-state index contributed by atoms with van der Waals surface area (Å²) in [6.45, 7) is 10.2. The van der Waals surface area contributed by atoms with Crippen molar-refractivity contribution >= 4 is 11.6 Å². The summed E-state index contributed by atoms with van der Waals surface area (Å²) in [7, 11) is 1.74. The van der Waals surface area contributed by atoms with Crippen molar-refractivity contribution in [1.82, 2.24) is 14.9 Å². The first-order valence-corrected chi connectivity index (χ1v) is 9.32. The van der Waals surface area contributed by atoms with E-state index in [-0.39, 0.29) is 0 Å². The number of para-hydroxylation sites is 2. The van der Waals surface area contributed by atoms with Gasteiger partial charge in [0.05, 0.1) is 12.8 Å². The summed E-state index contributed by atoms with van der Waals surface area (Å²) in [4.78, 5) is 13.8. The Kier molecular flexibility index (Phi) is 6.28. The van der Waals surface area contributed by atoms with Crippen LogP contribution < -0.4 is 15.0 Å². The third kappa shape index (κ3) is 4.85. The lowest BCUT2D eigenvalue weighted by atomic mass is 10.2. The molecule has 0 amide bonds. The number of hydrogen-bond acceptors (Lipinski definition) is 6. The summed E-state index contributed by atoms with van der Waals surface area (Å²) < 4.78 is 5.49. The monoisotopic (exact) mass is 355 g/mol. The van der Waals surface area contributed by atoms with Gasteiger partial charge in [-0.2, -0.15) is 0 Å². The number of piperazine rings is 1. The number of ether oxygens (including phenoxy) is 1. The van der Waals surface area contributed by atoms with E-state index in [4.69, 9.17) is 4.74 Å². The van der Waals surface area contributed by atoms with Crippen LogP contribution in [0, 0.1) is 13.8 Å². The maximum Gasteiger partial charge on any atom is 0.223 e. The van der Waals surface area contributed by atoms with Gasteiger partial charge in [-0.1, -0.05) is 12.1 Å². The first-order chi connectivity index (χ1) is 12.7. The summed E-state index contributed by atoms with van der Waals surface area (Å²) in [5, 5.41) is 3.34. The average molecular weight is 355 g/mol. The molecule has 3 rings (SSSR count). The van der Waals surface area contributed by atoms with Gasteiger partial charge < -0.3 is 15.0 Å². The van der Waals surface area contributed by atoms with Gasteiger partial charge in [-0.3, -0.25) is 4.90 Å². The maximum atomic E-state index is 5.49. The molecule has 1 N–H and O–H groups in total. The average Bonchev–Trinajstić information content (AvgIpc) is 2.65. The zero-order valence-corrected chi connectivity index (χ0v) is 16.0. The number of nitrogens with zero attached hydrogens (tertiary/aromatic N) is 4. The normalized spacial score (nSPS) is 15.1. The molecule has 6 heteroatoms. The van der Waals surface area contributed by atoms with Gasteiger partial charge >= 0.3 is 0 Å². The zero-order chi connectivity index (χ0) is 18.4. The van der Waals surface area contributed by atoms with E-state index in [1.807, 2.05) is 32.0 Å². The quantitative estimate of drug-likeness (QED) is 0.771. The van der Waals surface area contributed by atoms with Crippen LogP contribution in [0.1, 0.15) is 17.8 Å². The summed E-state index contributed by atoms with van der Waals surface area (Å²) in [5.41, 5.74) is 3.21. The van der Waals surface area contributed by atoms with Gasteiger partial charge in [0.15, 0.2) is 0 Å². The Balaban J connectivity index is 1.40. The minimum absolute atomic E-state index is 0.739. The highest BCUT2D eigenvalue weighted by atomic mass is 16.5. The fourth-order valence-corrected chi connectivity index (χ4v) is 3.41. The summed E-state index contributed by atoms with van der Waals surface area (Å²) in [6.07, 6.45) is 1.09. The number of benzene rings is 1. The van der Waals surface area contributed by atoms with Crippen molar-refractivity contribution in [2.75, 3.05) is 56.6 Å². The second-order valence-corrected chi connectivity index (χ2v) is 6.76. The standard InChI is InChI=1S/C20H29N5O/c1-16-15-17(2)23-20(22-16)21-9-6-10-24-11-13-25(14-12-24)18-7-4-5-8-19(18)26-3/h4-5,7-8,15H,6,9-14H2,1-3H3,(H,21,22,23). The molecule has 0 aliphatic carbocycles. The predicted octanol–water partition coefficient (Wildman–Crippen LogP) is 2.73. The fourth-order valence-electron chi connectivity index (χ4n) is 3.41. The van der Waals surface area contributed by atoms with Crippen LogP contribution in [-0.4, -0.2) is 61.2 Å². The summed E-state index contributed by atoms with van der Waals surface area (Å²) in [6, 6.07) is 10.3. The highest BCUT2D eigenvalue weighted by molar-refractivity contribution is 5.58. The number of aromatic nitrogens is 2. The second-order valence-electron chi connectivity index (χ2n) is 6.76. The van der Waals surface area contributed by atoms with Crippen molar-refractivity contribution in [2.45, 2.75) is 20.3 Å². The molecule has 1 fully saturated rings. The Morgan fingerprint density at radius 1 is 1.04 bits per heavy atom. The van der Waals surface area contributed by atoms with E-state index < -0.39 is 0 Å². The van der Waals surface area contributed by atoms with Crippen LogP contribution in [0.5, 0.6) is 5.75 Å². The molecule has 1 aromatic heterocycles. The summed E-state index contributed by atoms with van der Waals surface area (Å²) in [5.74, 6) is 1.70. The number of methoxy groups -OCH3 is 1. The first kappa shape index (κ1) is 18.5. The molecule has 0 atom stereocenters. The van der Waals surface area contributed by atoms with Gasteiger partial charge in [0.1, 0.15) is 5.75 Å². The topological polar surface area (TPSA) is 53.5 Å². The van der Waals surface area contributed by atoms with Crippen molar-refractivity contribution in [1.29, 1.82) is 0 Å². The molecule has 0 spiro atoms. The lowest BCUT2D eigenvalue weighted by Gasteiger charge is -2.36. The number of anilines is 2. The minimum Gasteiger partial charge on any atom is -0.495 e. The third-order valence-electron chi connectivity index (χ3n) is 4.71. The second kappa shape index (κ2) is 8.85. The molecule has 0 bridgehead atoms. The Labute approximate surface area is 156 Å². The molecule has 0 saturated carbocycles. The van der Waals surface area contributed by atoms with Crippen molar-refractivity contribution in [3.8, 4) is 5.75 Å². The minimum atomic E-state index is 0.739. The SMILES string of the molecule is COc1ccccc1N1CCN(CCCNc2nc(C)cc(C)n2)CC1. The number of rotatable bonds is 7. The van der Waals surface area contributed by atoms with Gasteiger partial charge in [0.2, 0.25) is 5.95 Å². The van der Waals surface area contributed by atoms with Crippen LogP contribution in [0.15, 0.2) is 30.3 Å². The first-order valence-electron chi connectivity index (χ1n) is 9.32. The molecule has 2 aromatic rings. The molecule has 0 unspecified atom stereocenters. The highest BCUT2D eigenvalue weighted by Crippen LogP contribution is 2.28. The van der Waals surface area contributed by atoms with E-state index in [0.717, 1.165) is 68.8 Å². The van der Waals surface area contributed by atoms with Crippen LogP contribution in [0.2, 0.25) is 0 Å². The fraction of sp³-hybridized carbons (Fsp3) is 0.500. The Morgan fingerprint density at radius 2 is 1.73 bits per heavy atom. The Bertz CT molecular complexity index is 693. The molecule has 140 valence electrons. The Morgan fingerprint density at radius 3 is 2.42 bits per heavy atom. The van der Waals surface area contributed by atoms with Gasteiger partial charge in [0, 0.05) is 44.1 Å². The van der Waals surface area contributed by atoms with Crippen LogP contribution in [-0.2, 0) is 0 Å². The van der Waals surface area contributed by atoms with Gasteiger partial charge in [-0.25, -0.2) is 9.97 Å².